The molecule has 1 aromatic rings. The lowest BCUT2D eigenvalue weighted by Gasteiger charge is -2.34. The Kier molecular flexibility index (Phi) is 4.02. The van der Waals surface area contributed by atoms with Crippen LogP contribution < -0.4 is 10.6 Å². The zero-order valence-electron chi connectivity index (χ0n) is 11.5. The van der Waals surface area contributed by atoms with Gasteiger partial charge in [0.2, 0.25) is 0 Å². The molecule has 100 valence electrons. The van der Waals surface area contributed by atoms with E-state index in [0.29, 0.717) is 0 Å². The molecule has 1 heterocycles. The number of rotatable bonds is 3. The van der Waals surface area contributed by atoms with Crippen molar-refractivity contribution >= 4 is 21.6 Å². The third-order valence-corrected chi connectivity index (χ3v) is 4.86. The van der Waals surface area contributed by atoms with E-state index in [1.54, 1.807) is 0 Å². The molecule has 0 aromatic heterocycles. The largest absolute Gasteiger partial charge is 0.366 e. The molecular weight excluding hydrogens is 288 g/mol. The van der Waals surface area contributed by atoms with Gasteiger partial charge < -0.3 is 10.6 Å². The topological polar surface area (TPSA) is 29.3 Å². The maximum atomic E-state index is 5.70. The Labute approximate surface area is 119 Å². The van der Waals surface area contributed by atoms with Gasteiger partial charge in [-0.1, -0.05) is 22.0 Å². The molecule has 0 radical (unpaired) electrons. The van der Waals surface area contributed by atoms with E-state index >= 15 is 0 Å². The molecule has 1 aliphatic rings. The maximum Gasteiger partial charge on any atom is 0.0382 e. The van der Waals surface area contributed by atoms with E-state index in [0.717, 1.165) is 25.4 Å². The van der Waals surface area contributed by atoms with Crippen molar-refractivity contribution in [2.24, 2.45) is 11.7 Å². The molecule has 0 saturated carbocycles. The van der Waals surface area contributed by atoms with Crippen LogP contribution >= 0.6 is 15.9 Å². The minimum atomic E-state index is 0.231. The Hall–Kier alpha value is -0.540. The number of hydrogen-bond acceptors (Lipinski definition) is 2. The number of hydrogen-bond donors (Lipinski definition) is 1. The van der Waals surface area contributed by atoms with Gasteiger partial charge in [0.1, 0.15) is 0 Å². The summed E-state index contributed by atoms with van der Waals surface area (Å²) in [5.41, 5.74) is 8.53. The SMILES string of the molecule is Cc1ccc(N2CC(CCN)CC2(C)C)cc1Br. The van der Waals surface area contributed by atoms with Gasteiger partial charge in [0, 0.05) is 22.2 Å². The predicted octanol–water partition coefficient (Wildman–Crippen LogP) is 3.71. The third kappa shape index (κ3) is 2.72. The average Bonchev–Trinajstić information content (AvgIpc) is 2.58. The molecule has 1 aliphatic heterocycles. The Morgan fingerprint density at radius 3 is 2.78 bits per heavy atom. The van der Waals surface area contributed by atoms with E-state index in [9.17, 15) is 0 Å². The summed E-state index contributed by atoms with van der Waals surface area (Å²) in [4.78, 5) is 2.53. The highest BCUT2D eigenvalue weighted by Crippen LogP contribution is 2.39. The molecule has 0 amide bonds. The lowest BCUT2D eigenvalue weighted by Crippen LogP contribution is -2.38. The molecule has 2 nitrogen and oxygen atoms in total. The van der Waals surface area contributed by atoms with Crippen LogP contribution in [-0.4, -0.2) is 18.6 Å². The van der Waals surface area contributed by atoms with Gasteiger partial charge >= 0.3 is 0 Å². The fourth-order valence-corrected chi connectivity index (χ4v) is 3.39. The summed E-state index contributed by atoms with van der Waals surface area (Å²) < 4.78 is 1.19. The van der Waals surface area contributed by atoms with Gasteiger partial charge in [0.25, 0.3) is 0 Å². The third-order valence-electron chi connectivity index (χ3n) is 4.00. The molecule has 0 spiro atoms. The van der Waals surface area contributed by atoms with Crippen molar-refractivity contribution in [2.75, 3.05) is 18.0 Å². The van der Waals surface area contributed by atoms with Crippen LogP contribution in [0.25, 0.3) is 0 Å². The Bertz CT molecular complexity index is 429. The fraction of sp³-hybridized carbons (Fsp3) is 0.600. The van der Waals surface area contributed by atoms with Gasteiger partial charge in [0.05, 0.1) is 0 Å². The van der Waals surface area contributed by atoms with Crippen molar-refractivity contribution in [1.29, 1.82) is 0 Å². The molecule has 1 aromatic carbocycles. The van der Waals surface area contributed by atoms with Crippen LogP contribution in [0.5, 0.6) is 0 Å². The summed E-state index contributed by atoms with van der Waals surface area (Å²) in [5, 5.41) is 0. The van der Waals surface area contributed by atoms with Crippen LogP contribution in [0.1, 0.15) is 32.3 Å². The van der Waals surface area contributed by atoms with Gasteiger partial charge in [-0.3, -0.25) is 0 Å². The molecule has 0 aliphatic carbocycles. The van der Waals surface area contributed by atoms with Crippen molar-refractivity contribution in [3.8, 4) is 0 Å². The smallest absolute Gasteiger partial charge is 0.0382 e. The summed E-state index contributed by atoms with van der Waals surface area (Å²) >= 11 is 3.63. The van der Waals surface area contributed by atoms with Gasteiger partial charge in [-0.05, 0) is 63.8 Å². The standard InChI is InChI=1S/C15H23BrN2/c1-11-4-5-13(8-14(11)16)18-10-12(6-7-17)9-15(18,2)3/h4-5,8,12H,6-7,9-10,17H2,1-3H3. The number of nitrogens with two attached hydrogens (primary N) is 1. The van der Waals surface area contributed by atoms with Gasteiger partial charge in [-0.2, -0.15) is 0 Å². The van der Waals surface area contributed by atoms with Crippen LogP contribution in [0.15, 0.2) is 22.7 Å². The summed E-state index contributed by atoms with van der Waals surface area (Å²) in [5.74, 6) is 0.727. The predicted molar refractivity (Wildman–Crippen MR) is 82.1 cm³/mol. The lowest BCUT2D eigenvalue weighted by atomic mass is 9.94. The molecular formula is C15H23BrN2. The van der Waals surface area contributed by atoms with Crippen molar-refractivity contribution in [3.05, 3.63) is 28.2 Å². The molecule has 0 bridgehead atoms. The van der Waals surface area contributed by atoms with Crippen LogP contribution in [0, 0.1) is 12.8 Å². The molecule has 2 rings (SSSR count). The van der Waals surface area contributed by atoms with Crippen molar-refractivity contribution in [2.45, 2.75) is 39.2 Å². The number of anilines is 1. The first kappa shape index (κ1) is 13.9. The lowest BCUT2D eigenvalue weighted by molar-refractivity contribution is 0.458. The van der Waals surface area contributed by atoms with Crippen LogP contribution in [-0.2, 0) is 0 Å². The maximum absolute atomic E-state index is 5.70. The minimum Gasteiger partial charge on any atom is -0.366 e. The molecule has 1 fully saturated rings. The van der Waals surface area contributed by atoms with Gasteiger partial charge in [-0.15, -0.1) is 0 Å². The highest BCUT2D eigenvalue weighted by Gasteiger charge is 2.37. The summed E-state index contributed by atoms with van der Waals surface area (Å²) in [7, 11) is 0. The molecule has 1 saturated heterocycles. The average molecular weight is 311 g/mol. The monoisotopic (exact) mass is 310 g/mol. The molecule has 1 atom stereocenters. The summed E-state index contributed by atoms with van der Waals surface area (Å²) in [6, 6.07) is 6.65. The van der Waals surface area contributed by atoms with Crippen LogP contribution in [0.4, 0.5) is 5.69 Å². The van der Waals surface area contributed by atoms with E-state index in [-0.39, 0.29) is 5.54 Å². The first-order valence-electron chi connectivity index (χ1n) is 6.68. The van der Waals surface area contributed by atoms with Crippen molar-refractivity contribution < 1.29 is 0 Å². The second kappa shape index (κ2) is 5.22. The highest BCUT2D eigenvalue weighted by molar-refractivity contribution is 9.10. The Morgan fingerprint density at radius 2 is 2.17 bits per heavy atom. The molecule has 18 heavy (non-hydrogen) atoms. The number of aryl methyl sites for hydroxylation is 1. The quantitative estimate of drug-likeness (QED) is 0.922. The fourth-order valence-electron chi connectivity index (χ4n) is 3.02. The second-order valence-electron chi connectivity index (χ2n) is 6.00. The zero-order chi connectivity index (χ0) is 13.3. The van der Waals surface area contributed by atoms with E-state index in [1.807, 2.05) is 0 Å². The molecule has 3 heteroatoms. The molecule has 1 unspecified atom stereocenters. The minimum absolute atomic E-state index is 0.231. The summed E-state index contributed by atoms with van der Waals surface area (Å²) in [6.07, 6.45) is 2.36. The number of nitrogens with zero attached hydrogens (tertiary/aromatic N) is 1. The van der Waals surface area contributed by atoms with Crippen LogP contribution in [0.2, 0.25) is 0 Å². The van der Waals surface area contributed by atoms with E-state index in [2.05, 4.69) is 59.8 Å². The van der Waals surface area contributed by atoms with E-state index < -0.39 is 0 Å². The van der Waals surface area contributed by atoms with E-state index in [1.165, 1.54) is 22.1 Å². The van der Waals surface area contributed by atoms with Crippen molar-refractivity contribution in [1.82, 2.24) is 0 Å². The normalized spacial score (nSPS) is 22.5. The Morgan fingerprint density at radius 1 is 1.44 bits per heavy atom. The van der Waals surface area contributed by atoms with Crippen molar-refractivity contribution in [3.63, 3.8) is 0 Å². The Balaban J connectivity index is 2.24. The first-order chi connectivity index (χ1) is 8.44. The zero-order valence-corrected chi connectivity index (χ0v) is 13.1. The van der Waals surface area contributed by atoms with Crippen LogP contribution in [0.3, 0.4) is 0 Å². The highest BCUT2D eigenvalue weighted by atomic mass is 79.9. The number of benzene rings is 1. The van der Waals surface area contributed by atoms with E-state index in [4.69, 9.17) is 5.73 Å². The van der Waals surface area contributed by atoms with Gasteiger partial charge in [-0.25, -0.2) is 0 Å². The second-order valence-corrected chi connectivity index (χ2v) is 6.86. The summed E-state index contributed by atoms with van der Waals surface area (Å²) in [6.45, 7) is 8.71. The first-order valence-corrected chi connectivity index (χ1v) is 7.47. The van der Waals surface area contributed by atoms with Gasteiger partial charge in [0.15, 0.2) is 0 Å². The molecule has 2 N–H and O–H groups in total. The number of halogens is 1.